The molecule has 0 fully saturated rings. The Bertz CT molecular complexity index is 347. The van der Waals surface area contributed by atoms with E-state index in [2.05, 4.69) is 5.10 Å². The average molecular weight is 206 g/mol. The van der Waals surface area contributed by atoms with Crippen molar-refractivity contribution in [2.75, 3.05) is 6.61 Å². The second-order valence-corrected chi connectivity index (χ2v) is 3.67. The number of alkyl halides is 3. The van der Waals surface area contributed by atoms with E-state index >= 15 is 0 Å². The van der Waals surface area contributed by atoms with Crippen molar-refractivity contribution < 1.29 is 17.9 Å². The summed E-state index contributed by atoms with van der Waals surface area (Å²) in [5.41, 5.74) is -1.84. The molecular formula is C8H9F3N2O. The zero-order valence-corrected chi connectivity index (χ0v) is 7.51. The first-order valence-corrected chi connectivity index (χ1v) is 4.14. The lowest BCUT2D eigenvalue weighted by Crippen LogP contribution is -2.46. The average Bonchev–Trinajstić information content (AvgIpc) is 2.48. The maximum atomic E-state index is 12.6. The molecule has 0 N–H and O–H groups in total. The molecule has 2 rings (SSSR count). The molecule has 1 aromatic rings. The van der Waals surface area contributed by atoms with E-state index in [0.717, 1.165) is 6.92 Å². The number of aromatic nitrogens is 2. The number of ether oxygens (including phenoxy) is 1. The molecule has 0 radical (unpaired) electrons. The highest BCUT2D eigenvalue weighted by molar-refractivity contribution is 5.11. The van der Waals surface area contributed by atoms with Gasteiger partial charge < -0.3 is 4.74 Å². The summed E-state index contributed by atoms with van der Waals surface area (Å²) >= 11 is 0. The van der Waals surface area contributed by atoms with Gasteiger partial charge in [-0.2, -0.15) is 18.3 Å². The van der Waals surface area contributed by atoms with Gasteiger partial charge in [0.2, 0.25) is 5.88 Å². The third-order valence-electron chi connectivity index (χ3n) is 2.40. The van der Waals surface area contributed by atoms with Gasteiger partial charge in [0.05, 0.1) is 12.7 Å². The van der Waals surface area contributed by atoms with E-state index in [-0.39, 0.29) is 13.2 Å². The van der Waals surface area contributed by atoms with Crippen molar-refractivity contribution in [3.8, 4) is 5.88 Å². The summed E-state index contributed by atoms with van der Waals surface area (Å²) in [5.74, 6) is 0.395. The number of rotatable bonds is 0. The van der Waals surface area contributed by atoms with Crippen molar-refractivity contribution in [3.63, 3.8) is 0 Å². The van der Waals surface area contributed by atoms with E-state index in [1.807, 2.05) is 0 Å². The summed E-state index contributed by atoms with van der Waals surface area (Å²) in [6.45, 7) is 0.610. The summed E-state index contributed by atoms with van der Waals surface area (Å²) in [4.78, 5) is 0. The summed E-state index contributed by atoms with van der Waals surface area (Å²) in [7, 11) is 0. The summed E-state index contributed by atoms with van der Waals surface area (Å²) in [6.07, 6.45) is -2.84. The van der Waals surface area contributed by atoms with Crippen LogP contribution in [0.5, 0.6) is 5.88 Å². The van der Waals surface area contributed by atoms with Crippen LogP contribution in [-0.2, 0) is 6.54 Å². The van der Waals surface area contributed by atoms with Crippen LogP contribution >= 0.6 is 0 Å². The van der Waals surface area contributed by atoms with Gasteiger partial charge in [0.15, 0.2) is 0 Å². The standard InChI is InChI=1S/C8H9F3N2O/c1-7(8(9,10)11)4-13-6(14-5-7)2-3-12-13/h2-3H,4-5H2,1H3. The fourth-order valence-electron chi connectivity index (χ4n) is 1.34. The van der Waals surface area contributed by atoms with Gasteiger partial charge in [-0.15, -0.1) is 0 Å². The molecule has 0 aromatic carbocycles. The fourth-order valence-corrected chi connectivity index (χ4v) is 1.34. The van der Waals surface area contributed by atoms with E-state index in [1.165, 1.54) is 10.9 Å². The minimum Gasteiger partial charge on any atom is -0.477 e. The van der Waals surface area contributed by atoms with Crippen LogP contribution in [-0.4, -0.2) is 22.6 Å². The smallest absolute Gasteiger partial charge is 0.399 e. The van der Waals surface area contributed by atoms with Gasteiger partial charge in [-0.1, -0.05) is 0 Å². The highest BCUT2D eigenvalue weighted by Crippen LogP contribution is 2.42. The Kier molecular flexibility index (Phi) is 1.77. The molecule has 14 heavy (non-hydrogen) atoms. The minimum atomic E-state index is -4.27. The highest BCUT2D eigenvalue weighted by atomic mass is 19.4. The molecule has 0 aliphatic carbocycles. The predicted octanol–water partition coefficient (Wildman–Crippen LogP) is 1.84. The molecule has 1 aromatic heterocycles. The zero-order valence-electron chi connectivity index (χ0n) is 7.51. The molecule has 0 amide bonds. The monoisotopic (exact) mass is 206 g/mol. The van der Waals surface area contributed by atoms with Crippen LogP contribution < -0.4 is 4.74 Å². The maximum Gasteiger partial charge on any atom is 0.399 e. The van der Waals surface area contributed by atoms with Crippen LogP contribution in [0, 0.1) is 5.41 Å². The summed E-state index contributed by atoms with van der Waals surface area (Å²) in [5, 5.41) is 3.76. The first-order valence-electron chi connectivity index (χ1n) is 4.14. The number of nitrogens with zero attached hydrogens (tertiary/aromatic N) is 2. The Balaban J connectivity index is 2.30. The van der Waals surface area contributed by atoms with Crippen LogP contribution in [0.2, 0.25) is 0 Å². The van der Waals surface area contributed by atoms with Crippen LogP contribution in [0.4, 0.5) is 13.2 Å². The molecule has 1 aliphatic heterocycles. The summed E-state index contributed by atoms with van der Waals surface area (Å²) < 4.78 is 44.0. The zero-order chi connectivity index (χ0) is 10.4. The van der Waals surface area contributed by atoms with Gasteiger partial charge in [-0.3, -0.25) is 0 Å². The molecule has 0 saturated carbocycles. The second kappa shape index (κ2) is 2.65. The molecule has 0 spiro atoms. The van der Waals surface area contributed by atoms with Gasteiger partial charge >= 0.3 is 6.18 Å². The van der Waals surface area contributed by atoms with Crippen molar-refractivity contribution in [2.45, 2.75) is 19.6 Å². The molecule has 0 bridgehead atoms. The van der Waals surface area contributed by atoms with Crippen molar-refractivity contribution >= 4 is 0 Å². The molecule has 6 heteroatoms. The van der Waals surface area contributed by atoms with Crippen LogP contribution in [0.3, 0.4) is 0 Å². The summed E-state index contributed by atoms with van der Waals surface area (Å²) in [6, 6.07) is 1.55. The lowest BCUT2D eigenvalue weighted by Gasteiger charge is -2.35. The SMILES string of the molecule is CC1(C(F)(F)F)COc2ccnn2C1. The molecule has 78 valence electrons. The van der Waals surface area contributed by atoms with E-state index < -0.39 is 11.6 Å². The molecule has 1 atom stereocenters. The molecule has 2 heterocycles. The largest absolute Gasteiger partial charge is 0.477 e. The highest BCUT2D eigenvalue weighted by Gasteiger charge is 2.54. The number of hydrogen-bond donors (Lipinski definition) is 0. The Morgan fingerprint density at radius 2 is 2.29 bits per heavy atom. The maximum absolute atomic E-state index is 12.6. The Morgan fingerprint density at radius 1 is 1.57 bits per heavy atom. The molecular weight excluding hydrogens is 197 g/mol. The van der Waals surface area contributed by atoms with Crippen molar-refractivity contribution in [2.24, 2.45) is 5.41 Å². The van der Waals surface area contributed by atoms with E-state index in [9.17, 15) is 13.2 Å². The minimum absolute atomic E-state index is 0.182. The van der Waals surface area contributed by atoms with Crippen LogP contribution in [0.25, 0.3) is 0 Å². The molecule has 1 aliphatic rings. The number of fused-ring (bicyclic) bond motifs is 1. The topological polar surface area (TPSA) is 27.1 Å². The lowest BCUT2D eigenvalue weighted by atomic mass is 9.90. The van der Waals surface area contributed by atoms with Crippen LogP contribution in [0.1, 0.15) is 6.92 Å². The third-order valence-corrected chi connectivity index (χ3v) is 2.40. The van der Waals surface area contributed by atoms with Gasteiger partial charge in [0.25, 0.3) is 0 Å². The normalized spacial score (nSPS) is 26.9. The molecule has 1 unspecified atom stereocenters. The van der Waals surface area contributed by atoms with Crippen molar-refractivity contribution in [3.05, 3.63) is 12.3 Å². The number of hydrogen-bond acceptors (Lipinski definition) is 2. The van der Waals surface area contributed by atoms with Gasteiger partial charge in [-0.25, -0.2) is 4.68 Å². The number of halogens is 3. The quantitative estimate of drug-likeness (QED) is 0.647. The van der Waals surface area contributed by atoms with Gasteiger partial charge in [0.1, 0.15) is 12.0 Å². The second-order valence-electron chi connectivity index (χ2n) is 3.67. The first-order chi connectivity index (χ1) is 6.42. The predicted molar refractivity (Wildman–Crippen MR) is 41.9 cm³/mol. The van der Waals surface area contributed by atoms with Crippen molar-refractivity contribution in [1.82, 2.24) is 9.78 Å². The van der Waals surface area contributed by atoms with E-state index in [0.29, 0.717) is 5.88 Å². The molecule has 3 nitrogen and oxygen atoms in total. The van der Waals surface area contributed by atoms with Crippen LogP contribution in [0.15, 0.2) is 12.3 Å². The van der Waals surface area contributed by atoms with E-state index in [4.69, 9.17) is 4.74 Å². The van der Waals surface area contributed by atoms with Gasteiger partial charge in [0, 0.05) is 6.07 Å². The van der Waals surface area contributed by atoms with E-state index in [1.54, 1.807) is 6.07 Å². The molecule has 0 saturated heterocycles. The third kappa shape index (κ3) is 1.25. The Hall–Kier alpha value is -1.20. The Morgan fingerprint density at radius 3 is 2.93 bits per heavy atom. The lowest BCUT2D eigenvalue weighted by molar-refractivity contribution is -0.238. The first kappa shape index (κ1) is 9.36. The fraction of sp³-hybridized carbons (Fsp3) is 0.625. The Labute approximate surface area is 78.5 Å². The van der Waals surface area contributed by atoms with Gasteiger partial charge in [-0.05, 0) is 6.92 Å². The van der Waals surface area contributed by atoms with Crippen molar-refractivity contribution in [1.29, 1.82) is 0 Å².